The summed E-state index contributed by atoms with van der Waals surface area (Å²) in [4.78, 5) is 0. The molecule has 0 aliphatic heterocycles. The Morgan fingerprint density at radius 3 is 2.31 bits per heavy atom. The van der Waals surface area contributed by atoms with E-state index in [2.05, 4.69) is 4.72 Å². The molecule has 78 valence electrons. The molecule has 0 atom stereocenters. The summed E-state index contributed by atoms with van der Waals surface area (Å²) < 4.78 is 25.9. The Morgan fingerprint density at radius 2 is 1.85 bits per heavy atom. The van der Waals surface area contributed by atoms with E-state index >= 15 is 0 Å². The summed E-state index contributed by atoms with van der Waals surface area (Å²) in [5.41, 5.74) is 0. The van der Waals surface area contributed by atoms with Crippen molar-refractivity contribution in [3.05, 3.63) is 0 Å². The molecule has 0 spiro atoms. The largest absolute Gasteiger partial charge is 0.215 e. The van der Waals surface area contributed by atoms with Gasteiger partial charge in [-0.25, -0.2) is 13.1 Å². The van der Waals surface area contributed by atoms with Crippen molar-refractivity contribution in [1.29, 1.82) is 0 Å². The van der Waals surface area contributed by atoms with E-state index in [9.17, 15) is 8.42 Å². The Morgan fingerprint density at radius 1 is 1.31 bits per heavy atom. The molecule has 0 saturated heterocycles. The normalized spacial score (nSPS) is 19.9. The summed E-state index contributed by atoms with van der Waals surface area (Å²) in [5, 5.41) is -0.119. The maximum absolute atomic E-state index is 11.6. The monoisotopic (exact) mass is 205 g/mol. The zero-order valence-electron chi connectivity index (χ0n) is 8.41. The van der Waals surface area contributed by atoms with Crippen LogP contribution in [0, 0.1) is 5.92 Å². The third kappa shape index (κ3) is 3.27. The molecule has 1 rings (SSSR count). The molecular formula is C9H19NO2S. The average molecular weight is 205 g/mol. The van der Waals surface area contributed by atoms with Crippen molar-refractivity contribution in [3.8, 4) is 0 Å². The second-order valence-corrected chi connectivity index (χ2v) is 6.24. The van der Waals surface area contributed by atoms with E-state index < -0.39 is 10.0 Å². The molecule has 3 nitrogen and oxygen atoms in total. The van der Waals surface area contributed by atoms with E-state index in [0.29, 0.717) is 12.5 Å². The lowest BCUT2D eigenvalue weighted by Gasteiger charge is -2.13. The van der Waals surface area contributed by atoms with Crippen LogP contribution >= 0.6 is 0 Å². The molecule has 0 heterocycles. The minimum atomic E-state index is -3.01. The van der Waals surface area contributed by atoms with Crippen LogP contribution in [0.1, 0.15) is 39.5 Å². The van der Waals surface area contributed by atoms with E-state index in [1.54, 1.807) is 0 Å². The molecule has 1 aliphatic carbocycles. The molecular weight excluding hydrogens is 186 g/mol. The van der Waals surface area contributed by atoms with Crippen molar-refractivity contribution < 1.29 is 8.42 Å². The first kappa shape index (κ1) is 11.0. The summed E-state index contributed by atoms with van der Waals surface area (Å²) in [5.74, 6) is 0.385. The minimum Gasteiger partial charge on any atom is -0.215 e. The maximum Gasteiger partial charge on any atom is 0.214 e. The third-order valence-corrected chi connectivity index (χ3v) is 4.35. The standard InChI is InChI=1S/C9H19NO2S/c1-8(2)7-10-13(11,12)9-5-3-4-6-9/h8-10H,3-7H2,1-2H3. The van der Waals surface area contributed by atoms with E-state index in [4.69, 9.17) is 0 Å². The fourth-order valence-corrected chi connectivity index (χ4v) is 3.35. The van der Waals surface area contributed by atoms with E-state index in [0.717, 1.165) is 25.7 Å². The number of sulfonamides is 1. The summed E-state index contributed by atoms with van der Waals surface area (Å²) in [6.07, 6.45) is 3.81. The number of nitrogens with one attached hydrogen (secondary N) is 1. The fraction of sp³-hybridized carbons (Fsp3) is 1.00. The van der Waals surface area contributed by atoms with Crippen LogP contribution in [0.4, 0.5) is 0 Å². The molecule has 1 N–H and O–H groups in total. The van der Waals surface area contributed by atoms with Crippen LogP contribution < -0.4 is 4.72 Å². The van der Waals surface area contributed by atoms with Gasteiger partial charge in [0, 0.05) is 6.54 Å². The predicted molar refractivity (Wildman–Crippen MR) is 54.0 cm³/mol. The third-order valence-electron chi connectivity index (χ3n) is 2.43. The molecule has 1 fully saturated rings. The van der Waals surface area contributed by atoms with Crippen molar-refractivity contribution >= 4 is 10.0 Å². The first-order chi connectivity index (χ1) is 6.02. The lowest BCUT2D eigenvalue weighted by Crippen LogP contribution is -2.34. The van der Waals surface area contributed by atoms with Crippen LogP contribution in [0.25, 0.3) is 0 Å². The molecule has 0 aromatic carbocycles. The highest BCUT2D eigenvalue weighted by Crippen LogP contribution is 2.23. The van der Waals surface area contributed by atoms with Gasteiger partial charge in [-0.1, -0.05) is 26.7 Å². The molecule has 1 saturated carbocycles. The van der Waals surface area contributed by atoms with Gasteiger partial charge in [-0.05, 0) is 18.8 Å². The fourth-order valence-electron chi connectivity index (χ4n) is 1.60. The van der Waals surface area contributed by atoms with Gasteiger partial charge in [-0.2, -0.15) is 0 Å². The zero-order valence-corrected chi connectivity index (χ0v) is 9.23. The van der Waals surface area contributed by atoms with Crippen LogP contribution in [0.3, 0.4) is 0 Å². The van der Waals surface area contributed by atoms with Gasteiger partial charge in [0.1, 0.15) is 0 Å². The first-order valence-electron chi connectivity index (χ1n) is 5.01. The Bertz CT molecular complexity index is 240. The van der Waals surface area contributed by atoms with Crippen molar-refractivity contribution in [2.45, 2.75) is 44.8 Å². The highest BCUT2D eigenvalue weighted by molar-refractivity contribution is 7.90. The summed E-state index contributed by atoms with van der Waals surface area (Å²) in [6.45, 7) is 4.59. The van der Waals surface area contributed by atoms with E-state index in [1.165, 1.54) is 0 Å². The van der Waals surface area contributed by atoms with Gasteiger partial charge in [-0.3, -0.25) is 0 Å². The lowest BCUT2D eigenvalue weighted by atomic mass is 10.2. The second-order valence-electron chi connectivity index (χ2n) is 4.19. The zero-order chi connectivity index (χ0) is 9.90. The highest BCUT2D eigenvalue weighted by Gasteiger charge is 2.28. The summed E-state index contributed by atoms with van der Waals surface area (Å²) in [7, 11) is -3.01. The predicted octanol–water partition coefficient (Wildman–Crippen LogP) is 1.50. The van der Waals surface area contributed by atoms with Gasteiger partial charge in [0.2, 0.25) is 10.0 Å². The molecule has 0 bridgehead atoms. The number of hydrogen-bond acceptors (Lipinski definition) is 2. The van der Waals surface area contributed by atoms with Gasteiger partial charge in [-0.15, -0.1) is 0 Å². The van der Waals surface area contributed by atoms with Crippen molar-refractivity contribution in [2.75, 3.05) is 6.54 Å². The second kappa shape index (κ2) is 4.42. The van der Waals surface area contributed by atoms with Crippen LogP contribution in [0.2, 0.25) is 0 Å². The van der Waals surface area contributed by atoms with Gasteiger partial charge in [0.15, 0.2) is 0 Å². The van der Waals surface area contributed by atoms with Gasteiger partial charge in [0.05, 0.1) is 5.25 Å². The Labute approximate surface area is 81.0 Å². The van der Waals surface area contributed by atoms with E-state index in [1.807, 2.05) is 13.8 Å². The first-order valence-corrected chi connectivity index (χ1v) is 6.55. The Balaban J connectivity index is 2.45. The van der Waals surface area contributed by atoms with Crippen molar-refractivity contribution in [2.24, 2.45) is 5.92 Å². The van der Waals surface area contributed by atoms with Crippen molar-refractivity contribution in [3.63, 3.8) is 0 Å². The molecule has 0 aromatic rings. The molecule has 4 heteroatoms. The molecule has 0 radical (unpaired) electrons. The number of rotatable bonds is 4. The van der Waals surface area contributed by atoms with Crippen LogP contribution in [0.5, 0.6) is 0 Å². The van der Waals surface area contributed by atoms with E-state index in [-0.39, 0.29) is 5.25 Å². The molecule has 1 aliphatic rings. The molecule has 0 amide bonds. The van der Waals surface area contributed by atoms with Crippen molar-refractivity contribution in [1.82, 2.24) is 4.72 Å². The van der Waals surface area contributed by atoms with Crippen LogP contribution in [0.15, 0.2) is 0 Å². The summed E-state index contributed by atoms with van der Waals surface area (Å²) in [6, 6.07) is 0. The van der Waals surface area contributed by atoms with Gasteiger partial charge < -0.3 is 0 Å². The maximum atomic E-state index is 11.6. The quantitative estimate of drug-likeness (QED) is 0.756. The highest BCUT2D eigenvalue weighted by atomic mass is 32.2. The van der Waals surface area contributed by atoms with Gasteiger partial charge in [0.25, 0.3) is 0 Å². The minimum absolute atomic E-state index is 0.119. The Kier molecular flexibility index (Phi) is 3.74. The van der Waals surface area contributed by atoms with Gasteiger partial charge >= 0.3 is 0 Å². The topological polar surface area (TPSA) is 46.2 Å². The Hall–Kier alpha value is -0.0900. The van der Waals surface area contributed by atoms with Crippen LogP contribution in [-0.2, 0) is 10.0 Å². The smallest absolute Gasteiger partial charge is 0.214 e. The average Bonchev–Trinajstić information content (AvgIpc) is 2.53. The molecule has 0 aromatic heterocycles. The number of hydrogen-bond donors (Lipinski definition) is 1. The molecule has 13 heavy (non-hydrogen) atoms. The SMILES string of the molecule is CC(C)CNS(=O)(=O)C1CCCC1. The lowest BCUT2D eigenvalue weighted by molar-refractivity contribution is 0.546. The molecule has 0 unspecified atom stereocenters. The van der Waals surface area contributed by atoms with Crippen LogP contribution in [-0.4, -0.2) is 20.2 Å². The summed E-state index contributed by atoms with van der Waals surface area (Å²) >= 11 is 0.